The highest BCUT2D eigenvalue weighted by Gasteiger charge is 2.38. The van der Waals surface area contributed by atoms with Crippen LogP contribution in [0.25, 0.3) is 10.9 Å². The number of para-hydroxylation sites is 1. The van der Waals surface area contributed by atoms with Crippen molar-refractivity contribution in [1.82, 2.24) is 14.5 Å². The second kappa shape index (κ2) is 8.18. The summed E-state index contributed by atoms with van der Waals surface area (Å²) in [4.78, 5) is 46.4. The molecule has 2 unspecified atom stereocenters. The third-order valence-electron chi connectivity index (χ3n) is 6.40. The van der Waals surface area contributed by atoms with Gasteiger partial charge in [-0.25, -0.2) is 9.37 Å². The van der Waals surface area contributed by atoms with Crippen molar-refractivity contribution < 1.29 is 14.0 Å². The van der Waals surface area contributed by atoms with E-state index in [1.54, 1.807) is 38.9 Å². The monoisotopic (exact) mass is 434 g/mol. The number of carbonyl (C=O) groups excluding carboxylic acids is 2. The van der Waals surface area contributed by atoms with Crippen LogP contribution in [0.4, 0.5) is 10.1 Å². The van der Waals surface area contributed by atoms with Crippen LogP contribution in [0.3, 0.4) is 0 Å². The van der Waals surface area contributed by atoms with E-state index in [-0.39, 0.29) is 42.2 Å². The minimum absolute atomic E-state index is 0.0746. The number of halogens is 1. The average Bonchev–Trinajstić information content (AvgIpc) is 3.21. The zero-order valence-electron chi connectivity index (χ0n) is 17.5. The molecule has 2 atom stereocenters. The summed E-state index contributed by atoms with van der Waals surface area (Å²) < 4.78 is 14.8. The molecule has 0 spiro atoms. The molecule has 0 aliphatic carbocycles. The minimum Gasteiger partial charge on any atom is -0.340 e. The first kappa shape index (κ1) is 20.4. The summed E-state index contributed by atoms with van der Waals surface area (Å²) in [6.45, 7) is 1.30. The zero-order chi connectivity index (χ0) is 22.2. The Balaban J connectivity index is 1.32. The molecule has 32 heavy (non-hydrogen) atoms. The number of hydrogen-bond donors (Lipinski definition) is 0. The van der Waals surface area contributed by atoms with Crippen molar-refractivity contribution in [2.45, 2.75) is 25.3 Å². The summed E-state index contributed by atoms with van der Waals surface area (Å²) in [6.07, 6.45) is 3.26. The Labute approximate surface area is 184 Å². The maximum absolute atomic E-state index is 13.2. The Kier molecular flexibility index (Phi) is 5.20. The van der Waals surface area contributed by atoms with Crippen LogP contribution < -0.4 is 10.5 Å². The van der Waals surface area contributed by atoms with E-state index >= 15 is 0 Å². The van der Waals surface area contributed by atoms with Gasteiger partial charge in [0.25, 0.3) is 5.56 Å². The van der Waals surface area contributed by atoms with Gasteiger partial charge in [-0.3, -0.25) is 19.0 Å². The number of anilines is 1. The Bertz CT molecular complexity index is 1240. The molecule has 2 aliphatic rings. The third-order valence-corrected chi connectivity index (χ3v) is 6.40. The Hall–Kier alpha value is -3.55. The predicted octanol–water partition coefficient (Wildman–Crippen LogP) is 2.75. The zero-order valence-corrected chi connectivity index (χ0v) is 17.5. The van der Waals surface area contributed by atoms with E-state index in [0.29, 0.717) is 29.7 Å². The van der Waals surface area contributed by atoms with Crippen molar-refractivity contribution in [3.8, 4) is 0 Å². The van der Waals surface area contributed by atoms with Crippen LogP contribution in [0.15, 0.2) is 59.7 Å². The summed E-state index contributed by atoms with van der Waals surface area (Å²) >= 11 is 0. The molecule has 2 aliphatic heterocycles. The molecule has 0 bridgehead atoms. The first-order chi connectivity index (χ1) is 15.5. The van der Waals surface area contributed by atoms with Gasteiger partial charge in [-0.05, 0) is 49.2 Å². The lowest BCUT2D eigenvalue weighted by atomic mass is 10.0. The number of likely N-dealkylation sites (tertiary alicyclic amines) is 1. The highest BCUT2D eigenvalue weighted by molar-refractivity contribution is 6.00. The topological polar surface area (TPSA) is 75.5 Å². The number of hydrogen-bond acceptors (Lipinski definition) is 4. The smallest absolute Gasteiger partial charge is 0.261 e. The molecule has 3 aromatic rings. The quantitative estimate of drug-likeness (QED) is 0.635. The van der Waals surface area contributed by atoms with Gasteiger partial charge in [0, 0.05) is 31.7 Å². The van der Waals surface area contributed by atoms with Gasteiger partial charge in [-0.15, -0.1) is 0 Å². The van der Waals surface area contributed by atoms with Gasteiger partial charge >= 0.3 is 0 Å². The fourth-order valence-corrected chi connectivity index (χ4v) is 4.73. The number of nitrogens with zero attached hydrogens (tertiary/aromatic N) is 4. The van der Waals surface area contributed by atoms with E-state index in [1.807, 2.05) is 18.2 Å². The van der Waals surface area contributed by atoms with Crippen LogP contribution in [0.1, 0.15) is 25.3 Å². The first-order valence-corrected chi connectivity index (χ1v) is 10.8. The highest BCUT2D eigenvalue weighted by Crippen LogP contribution is 2.29. The first-order valence-electron chi connectivity index (χ1n) is 10.8. The van der Waals surface area contributed by atoms with E-state index in [1.165, 1.54) is 12.1 Å². The second-order valence-electron chi connectivity index (χ2n) is 8.44. The fraction of sp³-hybridized carbons (Fsp3) is 0.333. The Morgan fingerprint density at radius 3 is 2.62 bits per heavy atom. The molecule has 0 N–H and O–H groups in total. The lowest BCUT2D eigenvalue weighted by Crippen LogP contribution is -2.45. The van der Waals surface area contributed by atoms with E-state index < -0.39 is 5.92 Å². The number of rotatable bonds is 3. The molecule has 8 heteroatoms. The largest absolute Gasteiger partial charge is 0.340 e. The maximum Gasteiger partial charge on any atom is 0.261 e. The van der Waals surface area contributed by atoms with Crippen molar-refractivity contribution in [2.75, 3.05) is 24.5 Å². The Morgan fingerprint density at radius 1 is 1.03 bits per heavy atom. The summed E-state index contributed by atoms with van der Waals surface area (Å²) in [5, 5.41) is 0.565. The predicted molar refractivity (Wildman–Crippen MR) is 118 cm³/mol. The SMILES string of the molecule is O=C(C1CC(=O)N(c2ccc(F)cc2)C1)N1CCCC(n2cnc3ccccc3c2=O)C1. The standard InChI is InChI=1S/C24H23FN4O3/c25-17-7-9-18(10-8-17)28-13-16(12-22(28)30)23(31)27-11-3-4-19(14-27)29-15-26-21-6-2-1-5-20(21)24(29)32/h1-2,5-10,15-16,19H,3-4,11-14H2. The molecular weight excluding hydrogens is 411 g/mol. The van der Waals surface area contributed by atoms with Crippen molar-refractivity contribution in [3.63, 3.8) is 0 Å². The summed E-state index contributed by atoms with van der Waals surface area (Å²) in [5.41, 5.74) is 1.15. The third kappa shape index (κ3) is 3.66. The molecule has 3 heterocycles. The second-order valence-corrected chi connectivity index (χ2v) is 8.44. The van der Waals surface area contributed by atoms with E-state index in [4.69, 9.17) is 0 Å². The molecule has 2 saturated heterocycles. The van der Waals surface area contributed by atoms with Gasteiger partial charge in [-0.1, -0.05) is 12.1 Å². The van der Waals surface area contributed by atoms with Crippen LogP contribution in [0, 0.1) is 11.7 Å². The van der Waals surface area contributed by atoms with Crippen molar-refractivity contribution in [1.29, 1.82) is 0 Å². The van der Waals surface area contributed by atoms with Crippen molar-refractivity contribution >= 4 is 28.4 Å². The lowest BCUT2D eigenvalue weighted by Gasteiger charge is -2.35. The molecule has 0 radical (unpaired) electrons. The van der Waals surface area contributed by atoms with E-state index in [2.05, 4.69) is 4.98 Å². The molecule has 2 fully saturated rings. The normalized spacial score (nSPS) is 21.3. The van der Waals surface area contributed by atoms with Crippen LogP contribution in [0.5, 0.6) is 0 Å². The molecule has 2 aromatic carbocycles. The summed E-state index contributed by atoms with van der Waals surface area (Å²) in [6, 6.07) is 12.8. The van der Waals surface area contributed by atoms with E-state index in [0.717, 1.165) is 12.8 Å². The van der Waals surface area contributed by atoms with Crippen LogP contribution in [0.2, 0.25) is 0 Å². The average molecular weight is 434 g/mol. The molecule has 1 aromatic heterocycles. The van der Waals surface area contributed by atoms with Crippen LogP contribution in [-0.4, -0.2) is 45.9 Å². The van der Waals surface area contributed by atoms with Gasteiger partial charge in [0.15, 0.2) is 0 Å². The molecule has 5 rings (SSSR count). The number of amides is 2. The number of benzene rings is 2. The Morgan fingerprint density at radius 2 is 1.81 bits per heavy atom. The minimum atomic E-state index is -0.447. The maximum atomic E-state index is 13.2. The highest BCUT2D eigenvalue weighted by atomic mass is 19.1. The number of fused-ring (bicyclic) bond motifs is 1. The van der Waals surface area contributed by atoms with Crippen molar-refractivity contribution in [2.24, 2.45) is 5.92 Å². The molecule has 7 nitrogen and oxygen atoms in total. The van der Waals surface area contributed by atoms with Gasteiger partial charge in [0.05, 0.1) is 29.2 Å². The number of carbonyl (C=O) groups is 2. The number of piperidine rings is 1. The summed E-state index contributed by atoms with van der Waals surface area (Å²) in [5.74, 6) is -1.03. The number of aromatic nitrogens is 2. The van der Waals surface area contributed by atoms with E-state index in [9.17, 15) is 18.8 Å². The van der Waals surface area contributed by atoms with Gasteiger partial charge in [0.1, 0.15) is 5.82 Å². The molecule has 164 valence electrons. The molecule has 2 amide bonds. The van der Waals surface area contributed by atoms with Crippen LogP contribution >= 0.6 is 0 Å². The fourth-order valence-electron chi connectivity index (χ4n) is 4.73. The van der Waals surface area contributed by atoms with Crippen LogP contribution in [-0.2, 0) is 9.59 Å². The molecular formula is C24H23FN4O3. The van der Waals surface area contributed by atoms with Gasteiger partial charge in [-0.2, -0.15) is 0 Å². The van der Waals surface area contributed by atoms with Gasteiger partial charge in [0.2, 0.25) is 11.8 Å². The van der Waals surface area contributed by atoms with Crippen molar-refractivity contribution in [3.05, 3.63) is 71.0 Å². The summed E-state index contributed by atoms with van der Waals surface area (Å²) in [7, 11) is 0. The van der Waals surface area contributed by atoms with Gasteiger partial charge < -0.3 is 9.80 Å². The lowest BCUT2D eigenvalue weighted by molar-refractivity contribution is -0.137. The molecule has 0 saturated carbocycles.